The van der Waals surface area contributed by atoms with Crippen LogP contribution < -0.4 is 0 Å². The van der Waals surface area contributed by atoms with Crippen LogP contribution in [0.5, 0.6) is 0 Å². The van der Waals surface area contributed by atoms with Crippen molar-refractivity contribution in [1.29, 1.82) is 0 Å². The molecule has 0 aromatic rings. The van der Waals surface area contributed by atoms with E-state index in [4.69, 9.17) is 9.84 Å². The third-order valence-corrected chi connectivity index (χ3v) is 4.33. The van der Waals surface area contributed by atoms with E-state index in [-0.39, 0.29) is 0 Å². The molecule has 2 fully saturated rings. The number of hydrogen-bond acceptors (Lipinski definition) is 2. The molecule has 0 radical (unpaired) electrons. The zero-order chi connectivity index (χ0) is 12.3. The molecular weight excluding hydrogens is 218 g/mol. The van der Waals surface area contributed by atoms with Crippen LogP contribution >= 0.6 is 0 Å². The number of nitrogens with zero attached hydrogens (tertiary/aromatic N) is 1. The number of likely N-dealkylation sites (tertiary alicyclic amines) is 1. The van der Waals surface area contributed by atoms with E-state index >= 15 is 0 Å². The van der Waals surface area contributed by atoms with Crippen molar-refractivity contribution in [3.8, 4) is 0 Å². The zero-order valence-electron chi connectivity index (χ0n) is 10.4. The average molecular weight is 239 g/mol. The van der Waals surface area contributed by atoms with Gasteiger partial charge in [0.2, 0.25) is 0 Å². The van der Waals surface area contributed by atoms with Crippen LogP contribution in [0.4, 0.5) is 4.79 Å². The van der Waals surface area contributed by atoms with Crippen LogP contribution in [-0.2, 0) is 4.74 Å². The van der Waals surface area contributed by atoms with Crippen LogP contribution in [-0.4, -0.2) is 36.3 Å². The molecule has 4 heteroatoms. The number of allylic oxidation sites excluding steroid dienone is 1. The Bertz CT molecular complexity index is 305. The molecule has 0 bridgehead atoms. The molecule has 17 heavy (non-hydrogen) atoms. The van der Waals surface area contributed by atoms with Gasteiger partial charge in [-0.25, -0.2) is 4.79 Å². The molecule has 2 aliphatic rings. The van der Waals surface area contributed by atoms with E-state index in [1.54, 1.807) is 12.0 Å². The minimum atomic E-state index is -0.768. The van der Waals surface area contributed by atoms with Crippen LogP contribution in [0, 0.1) is 5.41 Å². The van der Waals surface area contributed by atoms with Crippen molar-refractivity contribution in [2.24, 2.45) is 5.41 Å². The van der Waals surface area contributed by atoms with Crippen molar-refractivity contribution in [3.63, 3.8) is 0 Å². The van der Waals surface area contributed by atoms with Gasteiger partial charge >= 0.3 is 6.09 Å². The number of amides is 1. The first-order chi connectivity index (χ1) is 8.15. The lowest BCUT2D eigenvalue weighted by atomic mass is 9.67. The van der Waals surface area contributed by atoms with E-state index in [9.17, 15) is 4.79 Å². The first kappa shape index (κ1) is 12.3. The van der Waals surface area contributed by atoms with Crippen LogP contribution in [0.15, 0.2) is 11.8 Å². The second kappa shape index (κ2) is 4.98. The Kier molecular flexibility index (Phi) is 3.60. The van der Waals surface area contributed by atoms with E-state index < -0.39 is 6.09 Å². The maximum atomic E-state index is 10.9. The summed E-state index contributed by atoms with van der Waals surface area (Å²) < 4.78 is 5.06. The van der Waals surface area contributed by atoms with Gasteiger partial charge in [0, 0.05) is 13.1 Å². The second-order valence-corrected chi connectivity index (χ2v) is 5.28. The van der Waals surface area contributed by atoms with Crippen molar-refractivity contribution in [1.82, 2.24) is 4.90 Å². The standard InChI is InChI=1S/C13H21NO3/c1-17-10-11-2-4-13(5-3-11)6-8-14(9-7-13)12(15)16/h10H,2-9H2,1H3,(H,15,16). The minimum Gasteiger partial charge on any atom is -0.504 e. The molecule has 1 aliphatic carbocycles. The molecule has 1 saturated carbocycles. The van der Waals surface area contributed by atoms with Crippen molar-refractivity contribution in [2.45, 2.75) is 38.5 Å². The average Bonchev–Trinajstić information content (AvgIpc) is 2.33. The van der Waals surface area contributed by atoms with E-state index in [0.29, 0.717) is 18.5 Å². The lowest BCUT2D eigenvalue weighted by Crippen LogP contribution is -2.43. The predicted octanol–water partition coefficient (Wildman–Crippen LogP) is 2.85. The van der Waals surface area contributed by atoms with Crippen LogP contribution in [0.1, 0.15) is 38.5 Å². The van der Waals surface area contributed by atoms with Gasteiger partial charge in [-0.1, -0.05) is 0 Å². The van der Waals surface area contributed by atoms with Gasteiger partial charge in [-0.15, -0.1) is 0 Å². The normalized spacial score (nSPS) is 23.6. The second-order valence-electron chi connectivity index (χ2n) is 5.28. The third-order valence-electron chi connectivity index (χ3n) is 4.33. The molecule has 0 atom stereocenters. The highest BCUT2D eigenvalue weighted by Crippen LogP contribution is 2.46. The summed E-state index contributed by atoms with van der Waals surface area (Å²) in [6.07, 6.45) is 7.77. The SMILES string of the molecule is COC=C1CCC2(CC1)CCN(C(=O)O)CC2. The number of methoxy groups -OCH3 is 1. The minimum absolute atomic E-state index is 0.400. The number of carbonyl (C=O) groups is 1. The van der Waals surface area contributed by atoms with Crippen LogP contribution in [0.25, 0.3) is 0 Å². The highest BCUT2D eigenvalue weighted by Gasteiger charge is 2.37. The Balaban J connectivity index is 1.88. The fraction of sp³-hybridized carbons (Fsp3) is 0.769. The van der Waals surface area contributed by atoms with Gasteiger partial charge < -0.3 is 14.7 Å². The van der Waals surface area contributed by atoms with Gasteiger partial charge in [-0.05, 0) is 49.5 Å². The quantitative estimate of drug-likeness (QED) is 0.716. The van der Waals surface area contributed by atoms with Gasteiger partial charge in [0.1, 0.15) is 0 Å². The summed E-state index contributed by atoms with van der Waals surface area (Å²) in [6.45, 7) is 1.41. The number of carboxylic acid groups (broad SMARTS) is 1. The summed E-state index contributed by atoms with van der Waals surface area (Å²) >= 11 is 0. The van der Waals surface area contributed by atoms with Gasteiger partial charge in [-0.2, -0.15) is 0 Å². The van der Waals surface area contributed by atoms with Crippen LogP contribution in [0.2, 0.25) is 0 Å². The van der Waals surface area contributed by atoms with Crippen molar-refractivity contribution in [3.05, 3.63) is 11.8 Å². The maximum Gasteiger partial charge on any atom is 0.407 e. The predicted molar refractivity (Wildman–Crippen MR) is 64.8 cm³/mol. The van der Waals surface area contributed by atoms with Crippen LogP contribution in [0.3, 0.4) is 0 Å². The zero-order valence-corrected chi connectivity index (χ0v) is 10.4. The smallest absolute Gasteiger partial charge is 0.407 e. The molecule has 1 aliphatic heterocycles. The Labute approximate surface area is 102 Å². The number of rotatable bonds is 1. The molecule has 1 saturated heterocycles. The summed E-state index contributed by atoms with van der Waals surface area (Å²) in [7, 11) is 1.70. The van der Waals surface area contributed by atoms with E-state index in [1.807, 2.05) is 6.26 Å². The number of hydrogen-bond donors (Lipinski definition) is 1. The Morgan fingerprint density at radius 1 is 1.29 bits per heavy atom. The first-order valence-electron chi connectivity index (χ1n) is 6.34. The number of ether oxygens (including phenoxy) is 1. The molecule has 1 heterocycles. The van der Waals surface area contributed by atoms with E-state index in [2.05, 4.69) is 0 Å². The summed E-state index contributed by atoms with van der Waals surface area (Å²) in [5.41, 5.74) is 1.80. The van der Waals surface area contributed by atoms with Crippen molar-refractivity contribution < 1.29 is 14.6 Å². The Hall–Kier alpha value is -1.19. The lowest BCUT2D eigenvalue weighted by Gasteiger charge is -2.44. The maximum absolute atomic E-state index is 10.9. The third kappa shape index (κ3) is 2.73. The molecule has 1 amide bonds. The summed E-state index contributed by atoms with van der Waals surface area (Å²) in [5.74, 6) is 0. The van der Waals surface area contributed by atoms with Gasteiger partial charge in [0.05, 0.1) is 13.4 Å². The molecule has 1 spiro atoms. The monoisotopic (exact) mass is 239 g/mol. The summed E-state index contributed by atoms with van der Waals surface area (Å²) in [5, 5.41) is 8.94. The molecular formula is C13H21NO3. The lowest BCUT2D eigenvalue weighted by molar-refractivity contribution is 0.0716. The van der Waals surface area contributed by atoms with E-state index in [1.165, 1.54) is 18.4 Å². The molecule has 96 valence electrons. The molecule has 4 nitrogen and oxygen atoms in total. The molecule has 0 aromatic heterocycles. The highest BCUT2D eigenvalue weighted by atomic mass is 16.5. The number of piperidine rings is 1. The fourth-order valence-electron chi connectivity index (χ4n) is 3.06. The highest BCUT2D eigenvalue weighted by molar-refractivity contribution is 5.65. The summed E-state index contributed by atoms with van der Waals surface area (Å²) in [6, 6.07) is 0. The Morgan fingerprint density at radius 3 is 2.35 bits per heavy atom. The van der Waals surface area contributed by atoms with E-state index in [0.717, 1.165) is 25.7 Å². The molecule has 1 N–H and O–H groups in total. The topological polar surface area (TPSA) is 49.8 Å². The first-order valence-corrected chi connectivity index (χ1v) is 6.34. The van der Waals surface area contributed by atoms with Gasteiger partial charge in [0.15, 0.2) is 0 Å². The Morgan fingerprint density at radius 2 is 1.88 bits per heavy atom. The largest absolute Gasteiger partial charge is 0.504 e. The summed E-state index contributed by atoms with van der Waals surface area (Å²) in [4.78, 5) is 12.4. The molecule has 2 rings (SSSR count). The molecule has 0 aromatic carbocycles. The van der Waals surface area contributed by atoms with Gasteiger partial charge in [0.25, 0.3) is 0 Å². The van der Waals surface area contributed by atoms with Gasteiger partial charge in [-0.3, -0.25) is 0 Å². The fourth-order valence-corrected chi connectivity index (χ4v) is 3.06. The van der Waals surface area contributed by atoms with Crippen molar-refractivity contribution in [2.75, 3.05) is 20.2 Å². The van der Waals surface area contributed by atoms with Crippen molar-refractivity contribution >= 4 is 6.09 Å². The molecule has 0 unspecified atom stereocenters.